The van der Waals surface area contributed by atoms with Crippen molar-refractivity contribution in [3.05, 3.63) is 35.9 Å². The second-order valence-electron chi connectivity index (χ2n) is 6.32. The van der Waals surface area contributed by atoms with E-state index in [2.05, 4.69) is 5.32 Å². The van der Waals surface area contributed by atoms with Crippen LogP contribution in [0.5, 0.6) is 0 Å². The van der Waals surface area contributed by atoms with Crippen LogP contribution in [0.4, 0.5) is 4.79 Å². The van der Waals surface area contributed by atoms with Crippen molar-refractivity contribution < 1.29 is 14.3 Å². The van der Waals surface area contributed by atoms with Crippen LogP contribution in [0.1, 0.15) is 32.8 Å². The zero-order valence-corrected chi connectivity index (χ0v) is 12.2. The first kappa shape index (κ1) is 14.6. The Balaban J connectivity index is 2.02. The number of carbonyl (C=O) groups excluding carboxylic acids is 2. The zero-order chi connectivity index (χ0) is 14.8. The molecule has 1 aliphatic rings. The molecule has 4 nitrogen and oxygen atoms in total. The van der Waals surface area contributed by atoms with Crippen molar-refractivity contribution in [3.8, 4) is 0 Å². The fourth-order valence-corrected chi connectivity index (χ4v) is 2.46. The highest BCUT2D eigenvalue weighted by Crippen LogP contribution is 2.52. The van der Waals surface area contributed by atoms with Crippen molar-refractivity contribution in [1.82, 2.24) is 5.32 Å². The van der Waals surface area contributed by atoms with Gasteiger partial charge in [0, 0.05) is 17.9 Å². The highest BCUT2D eigenvalue weighted by atomic mass is 16.6. The van der Waals surface area contributed by atoms with Crippen LogP contribution in [0.15, 0.2) is 30.3 Å². The maximum absolute atomic E-state index is 11.7. The van der Waals surface area contributed by atoms with Gasteiger partial charge in [-0.3, -0.25) is 0 Å². The van der Waals surface area contributed by atoms with Gasteiger partial charge in [0.25, 0.3) is 0 Å². The van der Waals surface area contributed by atoms with E-state index in [-0.39, 0.29) is 11.3 Å². The van der Waals surface area contributed by atoms with Gasteiger partial charge in [-0.25, -0.2) is 4.79 Å². The quantitative estimate of drug-likeness (QED) is 0.859. The fraction of sp³-hybridized carbons (Fsp3) is 0.500. The van der Waals surface area contributed by atoms with Crippen LogP contribution in [0.3, 0.4) is 0 Å². The van der Waals surface area contributed by atoms with Crippen molar-refractivity contribution in [2.24, 2.45) is 5.92 Å². The van der Waals surface area contributed by atoms with Crippen LogP contribution in [0.25, 0.3) is 0 Å². The Bertz CT molecular complexity index is 492. The Kier molecular flexibility index (Phi) is 3.84. The molecule has 2 rings (SSSR count). The molecule has 0 spiro atoms. The summed E-state index contributed by atoms with van der Waals surface area (Å²) in [4.78, 5) is 22.8. The standard InChI is InChI=1S/C16H21NO3/c1-15(2,3)20-14(19)17-11-16(9-13(16)10-18)12-7-5-4-6-8-12/h4-8,10,13H,9,11H2,1-3H3,(H,17,19)/t13-,16-/m1/s1. The molecule has 1 aliphatic carbocycles. The first-order valence-electron chi connectivity index (χ1n) is 6.85. The number of aldehydes is 1. The lowest BCUT2D eigenvalue weighted by atomic mass is 9.93. The Morgan fingerprint density at radius 2 is 2.05 bits per heavy atom. The summed E-state index contributed by atoms with van der Waals surface area (Å²) in [6.07, 6.45) is 1.31. The number of alkyl carbamates (subject to hydrolysis) is 1. The second-order valence-corrected chi connectivity index (χ2v) is 6.32. The molecule has 0 bridgehead atoms. The second kappa shape index (κ2) is 5.27. The molecule has 0 heterocycles. The number of benzene rings is 1. The number of carbonyl (C=O) groups is 2. The lowest BCUT2D eigenvalue weighted by Crippen LogP contribution is -2.37. The first-order chi connectivity index (χ1) is 9.37. The molecule has 0 radical (unpaired) electrons. The van der Waals surface area contributed by atoms with Gasteiger partial charge in [0.05, 0.1) is 0 Å². The summed E-state index contributed by atoms with van der Waals surface area (Å²) in [5, 5.41) is 2.78. The van der Waals surface area contributed by atoms with E-state index < -0.39 is 11.7 Å². The van der Waals surface area contributed by atoms with Gasteiger partial charge in [0.2, 0.25) is 0 Å². The highest BCUT2D eigenvalue weighted by molar-refractivity contribution is 5.70. The molecule has 0 aromatic heterocycles. The average Bonchev–Trinajstić information content (AvgIpc) is 3.11. The number of nitrogens with one attached hydrogen (secondary N) is 1. The van der Waals surface area contributed by atoms with Crippen LogP contribution < -0.4 is 5.32 Å². The normalized spacial score (nSPS) is 24.9. The van der Waals surface area contributed by atoms with Crippen LogP contribution >= 0.6 is 0 Å². The van der Waals surface area contributed by atoms with E-state index in [1.165, 1.54) is 0 Å². The Morgan fingerprint density at radius 1 is 1.40 bits per heavy atom. The molecular formula is C16H21NO3. The first-order valence-corrected chi connectivity index (χ1v) is 6.85. The summed E-state index contributed by atoms with van der Waals surface area (Å²) in [5.41, 5.74) is 0.311. The molecule has 1 amide bonds. The molecule has 2 atom stereocenters. The van der Waals surface area contributed by atoms with Gasteiger partial charge in [-0.05, 0) is 32.8 Å². The lowest BCUT2D eigenvalue weighted by molar-refractivity contribution is -0.109. The van der Waals surface area contributed by atoms with Gasteiger partial charge in [-0.2, -0.15) is 0 Å². The van der Waals surface area contributed by atoms with Gasteiger partial charge >= 0.3 is 6.09 Å². The minimum absolute atomic E-state index is 0.0279. The molecule has 1 saturated carbocycles. The van der Waals surface area contributed by atoms with E-state index >= 15 is 0 Å². The molecule has 4 heteroatoms. The lowest BCUT2D eigenvalue weighted by Gasteiger charge is -2.22. The molecule has 0 saturated heterocycles. The zero-order valence-electron chi connectivity index (χ0n) is 12.2. The number of amides is 1. The van der Waals surface area contributed by atoms with E-state index in [0.717, 1.165) is 18.3 Å². The third-order valence-corrected chi connectivity index (χ3v) is 3.59. The van der Waals surface area contributed by atoms with Gasteiger partial charge in [-0.1, -0.05) is 30.3 Å². The summed E-state index contributed by atoms with van der Waals surface area (Å²) in [6.45, 7) is 5.90. The van der Waals surface area contributed by atoms with Crippen LogP contribution in [0.2, 0.25) is 0 Å². The van der Waals surface area contributed by atoms with Gasteiger partial charge in [0.15, 0.2) is 0 Å². The van der Waals surface area contributed by atoms with E-state index in [9.17, 15) is 9.59 Å². The minimum atomic E-state index is -0.516. The number of hydrogen-bond acceptors (Lipinski definition) is 3. The molecule has 108 valence electrons. The smallest absolute Gasteiger partial charge is 0.407 e. The molecule has 20 heavy (non-hydrogen) atoms. The summed E-state index contributed by atoms with van der Waals surface area (Å²) in [7, 11) is 0. The van der Waals surface area contributed by atoms with Crippen molar-refractivity contribution in [1.29, 1.82) is 0 Å². The maximum Gasteiger partial charge on any atom is 0.407 e. The molecule has 1 aromatic carbocycles. The molecule has 1 aromatic rings. The van der Waals surface area contributed by atoms with Gasteiger partial charge in [-0.15, -0.1) is 0 Å². The Labute approximate surface area is 119 Å². The third kappa shape index (κ3) is 3.18. The summed E-state index contributed by atoms with van der Waals surface area (Å²) >= 11 is 0. The Morgan fingerprint density at radius 3 is 2.55 bits per heavy atom. The average molecular weight is 275 g/mol. The maximum atomic E-state index is 11.7. The van der Waals surface area contributed by atoms with E-state index in [4.69, 9.17) is 4.74 Å². The fourth-order valence-electron chi connectivity index (χ4n) is 2.46. The topological polar surface area (TPSA) is 55.4 Å². The number of ether oxygens (including phenoxy) is 1. The molecular weight excluding hydrogens is 254 g/mol. The summed E-state index contributed by atoms with van der Waals surface area (Å²) in [5.74, 6) is -0.0279. The van der Waals surface area contributed by atoms with Crippen molar-refractivity contribution in [2.75, 3.05) is 6.54 Å². The third-order valence-electron chi connectivity index (χ3n) is 3.59. The summed E-state index contributed by atoms with van der Waals surface area (Å²) < 4.78 is 5.23. The minimum Gasteiger partial charge on any atom is -0.444 e. The van der Waals surface area contributed by atoms with Crippen LogP contribution in [0, 0.1) is 5.92 Å². The van der Waals surface area contributed by atoms with Crippen LogP contribution in [-0.4, -0.2) is 24.5 Å². The molecule has 1 N–H and O–H groups in total. The van der Waals surface area contributed by atoms with Crippen LogP contribution in [-0.2, 0) is 14.9 Å². The van der Waals surface area contributed by atoms with E-state index in [0.29, 0.717) is 6.54 Å². The highest BCUT2D eigenvalue weighted by Gasteiger charge is 2.55. The predicted octanol–water partition coefficient (Wildman–Crippen LogP) is 2.67. The SMILES string of the molecule is CC(C)(C)OC(=O)NC[C@@]1(c2ccccc2)C[C@@H]1C=O. The van der Waals surface area contributed by atoms with Crippen molar-refractivity contribution in [3.63, 3.8) is 0 Å². The Hall–Kier alpha value is -1.84. The predicted molar refractivity (Wildman–Crippen MR) is 76.5 cm³/mol. The largest absolute Gasteiger partial charge is 0.444 e. The monoisotopic (exact) mass is 275 g/mol. The van der Waals surface area contributed by atoms with Gasteiger partial charge < -0.3 is 14.8 Å². The van der Waals surface area contributed by atoms with E-state index in [1.807, 2.05) is 51.1 Å². The van der Waals surface area contributed by atoms with Crippen molar-refractivity contribution >= 4 is 12.4 Å². The molecule has 0 unspecified atom stereocenters. The van der Waals surface area contributed by atoms with Gasteiger partial charge in [0.1, 0.15) is 11.9 Å². The van der Waals surface area contributed by atoms with Crippen molar-refractivity contribution in [2.45, 2.75) is 38.2 Å². The molecule has 0 aliphatic heterocycles. The number of rotatable bonds is 4. The summed E-state index contributed by atoms with van der Waals surface area (Å²) in [6, 6.07) is 9.84. The number of hydrogen-bond donors (Lipinski definition) is 1. The molecule has 1 fully saturated rings. The van der Waals surface area contributed by atoms with E-state index in [1.54, 1.807) is 0 Å².